The van der Waals surface area contributed by atoms with E-state index in [0.717, 1.165) is 0 Å². The highest BCUT2D eigenvalue weighted by Gasteiger charge is 2.41. The summed E-state index contributed by atoms with van der Waals surface area (Å²) in [6, 6.07) is 4.48. The van der Waals surface area contributed by atoms with Gasteiger partial charge in [0.05, 0.1) is 23.3 Å². The van der Waals surface area contributed by atoms with Crippen molar-refractivity contribution in [2.24, 2.45) is 0 Å². The zero-order valence-electron chi connectivity index (χ0n) is 13.6. The zero-order chi connectivity index (χ0) is 18.3. The lowest BCUT2D eigenvalue weighted by Crippen LogP contribution is -2.31. The van der Waals surface area contributed by atoms with Crippen LogP contribution in [0.1, 0.15) is 25.3 Å². The van der Waals surface area contributed by atoms with E-state index < -0.39 is 16.8 Å². The molecular formula is C15H14N4O6. The molecule has 1 atom stereocenters. The van der Waals surface area contributed by atoms with Gasteiger partial charge in [0.25, 0.3) is 5.70 Å². The first-order valence-corrected chi connectivity index (χ1v) is 7.25. The van der Waals surface area contributed by atoms with Crippen molar-refractivity contribution in [3.63, 3.8) is 0 Å². The number of benzene rings is 1. The number of rotatable bonds is 3. The Hall–Kier alpha value is -3.43. The number of fused-ring (bicyclic) bond motifs is 1. The van der Waals surface area contributed by atoms with Gasteiger partial charge in [-0.15, -0.1) is 0 Å². The molecule has 0 fully saturated rings. The molecule has 3 rings (SSSR count). The van der Waals surface area contributed by atoms with Crippen LogP contribution in [0, 0.1) is 15.3 Å². The summed E-state index contributed by atoms with van der Waals surface area (Å²) in [4.78, 5) is 23.5. The van der Waals surface area contributed by atoms with Crippen molar-refractivity contribution in [1.29, 1.82) is 0 Å². The first-order chi connectivity index (χ1) is 11.8. The van der Waals surface area contributed by atoms with Crippen LogP contribution >= 0.6 is 0 Å². The average Bonchev–Trinajstić information content (AvgIpc) is 2.93. The molecule has 0 radical (unpaired) electrons. The van der Waals surface area contributed by atoms with Crippen LogP contribution in [0.2, 0.25) is 0 Å². The van der Waals surface area contributed by atoms with Crippen molar-refractivity contribution < 1.29 is 24.0 Å². The van der Waals surface area contributed by atoms with E-state index in [9.17, 15) is 20.1 Å². The summed E-state index contributed by atoms with van der Waals surface area (Å²) in [6.45, 7) is 3.18. The molecule has 1 aromatic carbocycles. The number of carbonyl (C=O) groups excluding carboxylic acids is 1. The fourth-order valence-corrected chi connectivity index (χ4v) is 3.00. The number of ether oxygens (including phenoxy) is 1. The van der Waals surface area contributed by atoms with Gasteiger partial charge in [0, 0.05) is 10.9 Å². The third kappa shape index (κ3) is 2.57. The Morgan fingerprint density at radius 3 is 2.76 bits per heavy atom. The number of hydrogen-bond donors (Lipinski definition) is 1. The van der Waals surface area contributed by atoms with Crippen LogP contribution in [0.3, 0.4) is 0 Å². The lowest BCUT2D eigenvalue weighted by molar-refractivity contribution is -0.782. The van der Waals surface area contributed by atoms with Crippen molar-refractivity contribution >= 4 is 17.0 Å². The second-order valence-corrected chi connectivity index (χ2v) is 5.53. The summed E-state index contributed by atoms with van der Waals surface area (Å²) in [5, 5.41) is 29.7. The van der Waals surface area contributed by atoms with Crippen molar-refractivity contribution in [1.82, 2.24) is 10.5 Å². The van der Waals surface area contributed by atoms with Gasteiger partial charge in [0.15, 0.2) is 0 Å². The topological polar surface area (TPSA) is 134 Å². The Kier molecular flexibility index (Phi) is 3.87. The molecule has 130 valence electrons. The maximum atomic E-state index is 12.3. The van der Waals surface area contributed by atoms with Gasteiger partial charge in [0.2, 0.25) is 11.0 Å². The molecule has 2 heterocycles. The largest absolute Gasteiger partial charge is 0.466 e. The Labute approximate surface area is 141 Å². The molecule has 1 aliphatic heterocycles. The summed E-state index contributed by atoms with van der Waals surface area (Å²) in [5.74, 6) is -1.69. The molecule has 1 aromatic heterocycles. The lowest BCUT2D eigenvalue weighted by atomic mass is 9.84. The van der Waals surface area contributed by atoms with E-state index in [1.165, 1.54) is 19.2 Å². The summed E-state index contributed by atoms with van der Waals surface area (Å²) >= 11 is 0. The maximum Gasteiger partial charge on any atom is 0.336 e. The lowest BCUT2D eigenvalue weighted by Gasteiger charge is -2.25. The number of methoxy groups -OCH3 is 1. The molecule has 1 aliphatic rings. The van der Waals surface area contributed by atoms with E-state index in [-0.39, 0.29) is 21.7 Å². The van der Waals surface area contributed by atoms with Crippen LogP contribution in [-0.2, 0) is 9.53 Å². The first kappa shape index (κ1) is 16.4. The van der Waals surface area contributed by atoms with Gasteiger partial charge in [-0.05, 0) is 36.4 Å². The van der Waals surface area contributed by atoms with Crippen LogP contribution < -0.4 is 10.2 Å². The highest BCUT2D eigenvalue weighted by Crippen LogP contribution is 2.39. The fourth-order valence-electron chi connectivity index (χ4n) is 3.00. The Bertz CT molecular complexity index is 958. The number of aromatic nitrogens is 2. The number of dihydropyridines is 1. The summed E-state index contributed by atoms with van der Waals surface area (Å²) < 4.78 is 9.31. The molecular weight excluding hydrogens is 332 g/mol. The van der Waals surface area contributed by atoms with Gasteiger partial charge >= 0.3 is 5.97 Å². The third-order valence-electron chi connectivity index (χ3n) is 4.07. The van der Waals surface area contributed by atoms with E-state index in [1.54, 1.807) is 19.9 Å². The van der Waals surface area contributed by atoms with E-state index in [0.29, 0.717) is 22.5 Å². The molecule has 0 saturated carbocycles. The summed E-state index contributed by atoms with van der Waals surface area (Å²) in [7, 11) is 1.20. The smallest absolute Gasteiger partial charge is 0.336 e. The third-order valence-corrected chi connectivity index (χ3v) is 4.07. The van der Waals surface area contributed by atoms with E-state index in [4.69, 9.17) is 4.74 Å². The minimum Gasteiger partial charge on any atom is -0.466 e. The Morgan fingerprint density at radius 1 is 1.40 bits per heavy atom. The number of hydrogen-bond acceptors (Lipinski definition) is 8. The number of nitrogens with one attached hydrogen (secondary N) is 1. The first-order valence-electron chi connectivity index (χ1n) is 7.25. The second kappa shape index (κ2) is 5.89. The van der Waals surface area contributed by atoms with Crippen LogP contribution in [0.15, 0.2) is 45.5 Å². The summed E-state index contributed by atoms with van der Waals surface area (Å²) in [6.07, 6.45) is 0. The van der Waals surface area contributed by atoms with Crippen molar-refractivity contribution in [3.05, 3.63) is 61.7 Å². The number of allylic oxidation sites excluding steroid dienone is 3. The monoisotopic (exact) mass is 346 g/mol. The van der Waals surface area contributed by atoms with Crippen LogP contribution in [0.4, 0.5) is 0 Å². The van der Waals surface area contributed by atoms with Gasteiger partial charge < -0.3 is 15.3 Å². The molecule has 1 N–H and O–H groups in total. The highest BCUT2D eigenvalue weighted by atomic mass is 16.8. The molecule has 1 unspecified atom stereocenters. The zero-order valence-corrected chi connectivity index (χ0v) is 13.6. The predicted octanol–water partition coefficient (Wildman–Crippen LogP) is 1.10. The van der Waals surface area contributed by atoms with Gasteiger partial charge in [-0.3, -0.25) is 14.7 Å². The van der Waals surface area contributed by atoms with Gasteiger partial charge in [-0.1, -0.05) is 6.07 Å². The van der Waals surface area contributed by atoms with Crippen LogP contribution in [0.5, 0.6) is 0 Å². The average molecular weight is 346 g/mol. The molecule has 2 aromatic rings. The minimum atomic E-state index is -0.997. The van der Waals surface area contributed by atoms with Gasteiger partial charge in [0.1, 0.15) is 5.92 Å². The maximum absolute atomic E-state index is 12.3. The number of nitrogens with zero attached hydrogens (tertiary/aromatic N) is 3. The van der Waals surface area contributed by atoms with E-state index >= 15 is 0 Å². The van der Waals surface area contributed by atoms with Crippen molar-refractivity contribution in [2.45, 2.75) is 19.8 Å². The molecule has 0 spiro atoms. The standard InChI is InChI=1S/C15H14N4O6/c1-7-12(15(20)24-3)13(14(18(21)22)8(2)16-7)9-4-5-10-11(6-9)19(23)25-17-10/h4-6,13,16H,1-3H3. The molecule has 0 bridgehead atoms. The van der Waals surface area contributed by atoms with Crippen molar-refractivity contribution in [2.75, 3.05) is 7.11 Å². The normalized spacial score (nSPS) is 17.6. The number of nitro groups is 1. The van der Waals surface area contributed by atoms with Gasteiger partial charge in [-0.2, -0.15) is 0 Å². The molecule has 10 heteroatoms. The molecule has 0 amide bonds. The highest BCUT2D eigenvalue weighted by molar-refractivity contribution is 5.92. The molecule has 25 heavy (non-hydrogen) atoms. The molecule has 0 aliphatic carbocycles. The number of esters is 1. The predicted molar refractivity (Wildman–Crippen MR) is 83.3 cm³/mol. The van der Waals surface area contributed by atoms with Crippen LogP contribution in [-0.4, -0.2) is 23.2 Å². The quantitative estimate of drug-likeness (QED) is 0.378. The fraction of sp³-hybridized carbons (Fsp3) is 0.267. The summed E-state index contributed by atoms with van der Waals surface area (Å²) in [5.41, 5.74) is 1.45. The SMILES string of the molecule is COC(=O)C1=C(C)NC(C)=C([N+](=O)[O-])C1c1ccc2no[n+]([O-])c2c1. The van der Waals surface area contributed by atoms with Crippen molar-refractivity contribution in [3.8, 4) is 0 Å². The van der Waals surface area contributed by atoms with Crippen LogP contribution in [0.25, 0.3) is 11.0 Å². The molecule has 0 saturated heterocycles. The molecule has 10 nitrogen and oxygen atoms in total. The van der Waals surface area contributed by atoms with E-state index in [1.807, 2.05) is 0 Å². The minimum absolute atomic E-state index is 0.105. The van der Waals surface area contributed by atoms with E-state index in [2.05, 4.69) is 15.1 Å². The second-order valence-electron chi connectivity index (χ2n) is 5.53. The Morgan fingerprint density at radius 2 is 2.12 bits per heavy atom. The van der Waals surface area contributed by atoms with Gasteiger partial charge in [-0.25, -0.2) is 4.79 Å². The number of carbonyl (C=O) groups is 1. The Balaban J connectivity index is 2.26.